The molecule has 2 aliphatic rings. The average molecular weight is 400 g/mol. The van der Waals surface area contributed by atoms with Crippen LogP contribution in [0.15, 0.2) is 30.6 Å². The van der Waals surface area contributed by atoms with Gasteiger partial charge in [-0.1, -0.05) is 0 Å². The zero-order valence-corrected chi connectivity index (χ0v) is 16.7. The molecule has 2 fully saturated rings. The molecule has 2 aromatic rings. The van der Waals surface area contributed by atoms with Crippen molar-refractivity contribution in [3.63, 3.8) is 0 Å². The van der Waals surface area contributed by atoms with Gasteiger partial charge in [0.1, 0.15) is 12.1 Å². The van der Waals surface area contributed by atoms with Gasteiger partial charge >= 0.3 is 0 Å². The molecule has 0 saturated carbocycles. The first kappa shape index (κ1) is 19.8. The van der Waals surface area contributed by atoms with E-state index in [9.17, 15) is 14.7 Å². The molecule has 2 unspecified atom stereocenters. The fourth-order valence-corrected chi connectivity index (χ4v) is 4.20. The number of pyridine rings is 1. The zero-order chi connectivity index (χ0) is 20.4. The highest BCUT2D eigenvalue weighted by atomic mass is 16.5. The minimum absolute atomic E-state index is 0.117. The molecule has 2 atom stereocenters. The first-order valence-electron chi connectivity index (χ1n) is 10.3. The molecular formula is C21H28N4O4. The van der Waals surface area contributed by atoms with E-state index in [-0.39, 0.29) is 11.8 Å². The number of amides is 2. The fraction of sp³-hybridized carbons (Fsp3) is 0.571. The molecule has 2 N–H and O–H groups in total. The Morgan fingerprint density at radius 3 is 2.90 bits per heavy atom. The van der Waals surface area contributed by atoms with Crippen LogP contribution in [0.25, 0.3) is 11.0 Å². The third kappa shape index (κ3) is 4.28. The number of hydrogen-bond donors (Lipinski definition) is 2. The number of aliphatic hydroxyl groups is 1. The number of carbonyl (C=O) groups is 2. The lowest BCUT2D eigenvalue weighted by atomic mass is 9.91. The number of nitrogens with zero attached hydrogens (tertiary/aromatic N) is 3. The Morgan fingerprint density at radius 2 is 2.17 bits per heavy atom. The molecule has 0 bridgehead atoms. The van der Waals surface area contributed by atoms with Gasteiger partial charge in [0, 0.05) is 32.1 Å². The van der Waals surface area contributed by atoms with E-state index in [4.69, 9.17) is 4.74 Å². The van der Waals surface area contributed by atoms with Crippen LogP contribution < -0.4 is 5.32 Å². The standard InChI is InChI=1S/C21H28N4O4/c1-15(23-19(26)18-5-3-13-29-18)20(27)24-11-7-21(28,8-12-24)14-25-10-6-16-17(25)4-2-9-22-16/h2,4,6,9-10,15,18,28H,3,5,7-8,11-14H2,1H3,(H,23,26). The predicted octanol–water partition coefficient (Wildman–Crippen LogP) is 1.07. The molecule has 156 valence electrons. The summed E-state index contributed by atoms with van der Waals surface area (Å²) in [5.41, 5.74) is 1.02. The summed E-state index contributed by atoms with van der Waals surface area (Å²) in [6.45, 7) is 3.70. The summed E-state index contributed by atoms with van der Waals surface area (Å²) >= 11 is 0. The van der Waals surface area contributed by atoms with E-state index in [1.54, 1.807) is 18.0 Å². The van der Waals surface area contributed by atoms with E-state index in [0.717, 1.165) is 17.5 Å². The van der Waals surface area contributed by atoms with Crippen LogP contribution >= 0.6 is 0 Å². The maximum Gasteiger partial charge on any atom is 0.249 e. The molecule has 0 aromatic carbocycles. The minimum Gasteiger partial charge on any atom is -0.388 e. The average Bonchev–Trinajstić information content (AvgIpc) is 3.39. The van der Waals surface area contributed by atoms with E-state index in [2.05, 4.69) is 10.3 Å². The van der Waals surface area contributed by atoms with E-state index in [1.807, 2.05) is 29.0 Å². The van der Waals surface area contributed by atoms with Crippen LogP contribution in [0.1, 0.15) is 32.6 Å². The van der Waals surface area contributed by atoms with Gasteiger partial charge in [0.2, 0.25) is 11.8 Å². The van der Waals surface area contributed by atoms with Gasteiger partial charge in [-0.25, -0.2) is 0 Å². The Kier molecular flexibility index (Phi) is 5.56. The smallest absolute Gasteiger partial charge is 0.249 e. The number of rotatable bonds is 5. The summed E-state index contributed by atoms with van der Waals surface area (Å²) in [6, 6.07) is 5.21. The second-order valence-corrected chi connectivity index (χ2v) is 8.13. The van der Waals surface area contributed by atoms with Crippen LogP contribution in [-0.2, 0) is 20.9 Å². The van der Waals surface area contributed by atoms with E-state index in [1.165, 1.54) is 0 Å². The van der Waals surface area contributed by atoms with Crippen molar-refractivity contribution in [1.82, 2.24) is 19.8 Å². The Balaban J connectivity index is 1.32. The quantitative estimate of drug-likeness (QED) is 0.783. The van der Waals surface area contributed by atoms with Crippen molar-refractivity contribution >= 4 is 22.8 Å². The molecule has 4 heterocycles. The molecular weight excluding hydrogens is 372 g/mol. The Bertz CT molecular complexity index is 882. The molecule has 2 amide bonds. The lowest BCUT2D eigenvalue weighted by Crippen LogP contribution is -2.54. The van der Waals surface area contributed by atoms with Crippen molar-refractivity contribution < 1.29 is 19.4 Å². The summed E-state index contributed by atoms with van der Waals surface area (Å²) < 4.78 is 7.39. The molecule has 0 aliphatic carbocycles. The van der Waals surface area contributed by atoms with Crippen LogP contribution in [-0.4, -0.2) is 68.8 Å². The molecule has 0 radical (unpaired) electrons. The predicted molar refractivity (Wildman–Crippen MR) is 107 cm³/mol. The van der Waals surface area contributed by atoms with Crippen LogP contribution in [0.3, 0.4) is 0 Å². The van der Waals surface area contributed by atoms with Crippen LogP contribution in [0, 0.1) is 0 Å². The molecule has 8 heteroatoms. The first-order valence-corrected chi connectivity index (χ1v) is 10.3. The maximum absolute atomic E-state index is 12.7. The van der Waals surface area contributed by atoms with Gasteiger partial charge < -0.3 is 24.6 Å². The number of nitrogens with one attached hydrogen (secondary N) is 1. The number of hydrogen-bond acceptors (Lipinski definition) is 5. The van der Waals surface area contributed by atoms with Gasteiger partial charge in [0.15, 0.2) is 0 Å². The molecule has 29 heavy (non-hydrogen) atoms. The molecule has 2 aliphatic heterocycles. The maximum atomic E-state index is 12.7. The van der Waals surface area contributed by atoms with Crippen molar-refractivity contribution in [1.29, 1.82) is 0 Å². The summed E-state index contributed by atoms with van der Waals surface area (Å²) in [6.07, 6.45) is 5.81. The largest absolute Gasteiger partial charge is 0.388 e. The van der Waals surface area contributed by atoms with Crippen molar-refractivity contribution in [2.75, 3.05) is 19.7 Å². The number of piperidine rings is 1. The van der Waals surface area contributed by atoms with Gasteiger partial charge in [-0.05, 0) is 50.8 Å². The molecule has 0 spiro atoms. The van der Waals surface area contributed by atoms with Crippen molar-refractivity contribution in [2.45, 2.75) is 56.9 Å². The number of ether oxygens (including phenoxy) is 1. The van der Waals surface area contributed by atoms with Crippen molar-refractivity contribution in [3.05, 3.63) is 30.6 Å². The highest BCUT2D eigenvalue weighted by Crippen LogP contribution is 2.26. The number of aromatic nitrogens is 2. The summed E-state index contributed by atoms with van der Waals surface area (Å²) in [5.74, 6) is -0.334. The lowest BCUT2D eigenvalue weighted by molar-refractivity contribution is -0.141. The van der Waals surface area contributed by atoms with E-state index >= 15 is 0 Å². The number of fused-ring (bicyclic) bond motifs is 1. The summed E-state index contributed by atoms with van der Waals surface area (Å²) in [4.78, 5) is 31.0. The van der Waals surface area contributed by atoms with Crippen molar-refractivity contribution in [2.24, 2.45) is 0 Å². The van der Waals surface area contributed by atoms with Crippen molar-refractivity contribution in [3.8, 4) is 0 Å². The highest BCUT2D eigenvalue weighted by Gasteiger charge is 2.36. The SMILES string of the molecule is CC(NC(=O)C1CCCO1)C(=O)N1CCC(O)(Cn2ccc3ncccc32)CC1. The van der Waals surface area contributed by atoms with Gasteiger partial charge in [0.05, 0.1) is 23.2 Å². The van der Waals surface area contributed by atoms with Gasteiger partial charge in [-0.2, -0.15) is 0 Å². The minimum atomic E-state index is -0.872. The lowest BCUT2D eigenvalue weighted by Gasteiger charge is -2.39. The fourth-order valence-electron chi connectivity index (χ4n) is 4.20. The van der Waals surface area contributed by atoms with Crippen LogP contribution in [0.5, 0.6) is 0 Å². The van der Waals surface area contributed by atoms with Gasteiger partial charge in [0.25, 0.3) is 0 Å². The topological polar surface area (TPSA) is 96.7 Å². The van der Waals surface area contributed by atoms with E-state index in [0.29, 0.717) is 45.5 Å². The van der Waals surface area contributed by atoms with E-state index < -0.39 is 17.7 Å². The van der Waals surface area contributed by atoms with Crippen LogP contribution in [0.2, 0.25) is 0 Å². The molecule has 2 saturated heterocycles. The second-order valence-electron chi connectivity index (χ2n) is 8.13. The zero-order valence-electron chi connectivity index (χ0n) is 16.7. The summed E-state index contributed by atoms with van der Waals surface area (Å²) in [5, 5.41) is 13.8. The number of likely N-dealkylation sites (tertiary alicyclic amines) is 1. The second kappa shape index (κ2) is 8.12. The normalized spacial score (nSPS) is 22.6. The molecule has 4 rings (SSSR count). The Labute approximate surface area is 169 Å². The third-order valence-electron chi connectivity index (χ3n) is 5.96. The van der Waals surface area contributed by atoms with Gasteiger partial charge in [-0.15, -0.1) is 0 Å². The van der Waals surface area contributed by atoms with Gasteiger partial charge in [-0.3, -0.25) is 14.6 Å². The Hall–Kier alpha value is -2.45. The Morgan fingerprint density at radius 1 is 1.38 bits per heavy atom. The third-order valence-corrected chi connectivity index (χ3v) is 5.96. The monoisotopic (exact) mass is 400 g/mol. The highest BCUT2D eigenvalue weighted by molar-refractivity contribution is 5.89. The number of carbonyl (C=O) groups excluding carboxylic acids is 2. The van der Waals surface area contributed by atoms with Crippen LogP contribution in [0.4, 0.5) is 0 Å². The first-order chi connectivity index (χ1) is 14.0. The molecule has 2 aromatic heterocycles. The molecule has 8 nitrogen and oxygen atoms in total. The summed E-state index contributed by atoms with van der Waals surface area (Å²) in [7, 11) is 0.